The van der Waals surface area contributed by atoms with Gasteiger partial charge in [0.1, 0.15) is 0 Å². The fraction of sp³-hybridized carbons (Fsp3) is 1.00. The summed E-state index contributed by atoms with van der Waals surface area (Å²) in [5.74, 6) is 0. The standard InChI is InChI=1S/C9H21NO/c1-4-6-9(8-11-3)10-7-5-2/h9-10H,4-8H2,1-3H3. The molecule has 0 saturated heterocycles. The molecule has 0 aromatic heterocycles. The van der Waals surface area contributed by atoms with E-state index in [1.807, 2.05) is 0 Å². The van der Waals surface area contributed by atoms with Crippen molar-refractivity contribution in [3.05, 3.63) is 0 Å². The Labute approximate surface area is 70.3 Å². The van der Waals surface area contributed by atoms with Gasteiger partial charge in [-0.2, -0.15) is 0 Å². The Kier molecular flexibility index (Phi) is 7.96. The maximum absolute atomic E-state index is 5.09. The average Bonchev–Trinajstić information content (AvgIpc) is 2.01. The molecule has 11 heavy (non-hydrogen) atoms. The zero-order chi connectivity index (χ0) is 8.53. The molecule has 68 valence electrons. The molecule has 0 amide bonds. The van der Waals surface area contributed by atoms with Crippen molar-refractivity contribution in [2.24, 2.45) is 0 Å². The van der Waals surface area contributed by atoms with Crippen LogP contribution < -0.4 is 5.32 Å². The summed E-state index contributed by atoms with van der Waals surface area (Å²) in [5, 5.41) is 3.45. The van der Waals surface area contributed by atoms with Crippen LogP contribution in [-0.2, 0) is 4.74 Å². The minimum Gasteiger partial charge on any atom is -0.383 e. The van der Waals surface area contributed by atoms with Crippen molar-refractivity contribution in [1.82, 2.24) is 5.32 Å². The van der Waals surface area contributed by atoms with Crippen LogP contribution in [0.5, 0.6) is 0 Å². The summed E-state index contributed by atoms with van der Waals surface area (Å²) >= 11 is 0. The van der Waals surface area contributed by atoms with Gasteiger partial charge in [-0.1, -0.05) is 20.3 Å². The van der Waals surface area contributed by atoms with E-state index in [0.717, 1.165) is 13.2 Å². The zero-order valence-electron chi connectivity index (χ0n) is 8.02. The average molecular weight is 159 g/mol. The van der Waals surface area contributed by atoms with Crippen molar-refractivity contribution in [2.75, 3.05) is 20.3 Å². The van der Waals surface area contributed by atoms with E-state index in [1.54, 1.807) is 7.11 Å². The second kappa shape index (κ2) is 8.02. The van der Waals surface area contributed by atoms with Gasteiger partial charge in [0, 0.05) is 13.2 Å². The molecule has 0 fully saturated rings. The lowest BCUT2D eigenvalue weighted by atomic mass is 10.2. The first kappa shape index (κ1) is 10.9. The second-order valence-electron chi connectivity index (χ2n) is 2.90. The van der Waals surface area contributed by atoms with Crippen LogP contribution in [0.1, 0.15) is 33.1 Å². The van der Waals surface area contributed by atoms with Crippen LogP contribution >= 0.6 is 0 Å². The van der Waals surface area contributed by atoms with Crippen molar-refractivity contribution in [1.29, 1.82) is 0 Å². The van der Waals surface area contributed by atoms with E-state index < -0.39 is 0 Å². The summed E-state index contributed by atoms with van der Waals surface area (Å²) in [6.45, 7) is 6.33. The van der Waals surface area contributed by atoms with Crippen molar-refractivity contribution in [3.63, 3.8) is 0 Å². The molecule has 1 unspecified atom stereocenters. The van der Waals surface area contributed by atoms with Gasteiger partial charge in [0.05, 0.1) is 6.61 Å². The first-order chi connectivity index (χ1) is 5.35. The number of rotatable bonds is 7. The number of methoxy groups -OCH3 is 1. The molecule has 0 aliphatic carbocycles. The lowest BCUT2D eigenvalue weighted by Gasteiger charge is -2.16. The Hall–Kier alpha value is -0.0800. The van der Waals surface area contributed by atoms with E-state index >= 15 is 0 Å². The second-order valence-corrected chi connectivity index (χ2v) is 2.90. The van der Waals surface area contributed by atoms with E-state index in [2.05, 4.69) is 19.2 Å². The van der Waals surface area contributed by atoms with Crippen molar-refractivity contribution in [3.8, 4) is 0 Å². The molecule has 0 aliphatic rings. The summed E-state index contributed by atoms with van der Waals surface area (Å²) < 4.78 is 5.09. The van der Waals surface area contributed by atoms with Crippen LogP contribution in [0.2, 0.25) is 0 Å². The molecule has 2 heteroatoms. The molecular weight excluding hydrogens is 138 g/mol. The molecule has 0 aromatic rings. The van der Waals surface area contributed by atoms with Crippen LogP contribution in [0.25, 0.3) is 0 Å². The minimum absolute atomic E-state index is 0.560. The van der Waals surface area contributed by atoms with Gasteiger partial charge in [-0.3, -0.25) is 0 Å². The van der Waals surface area contributed by atoms with Gasteiger partial charge in [0.25, 0.3) is 0 Å². The molecule has 0 spiro atoms. The fourth-order valence-corrected chi connectivity index (χ4v) is 1.14. The number of hydrogen-bond acceptors (Lipinski definition) is 2. The first-order valence-corrected chi connectivity index (χ1v) is 4.57. The summed E-state index contributed by atoms with van der Waals surface area (Å²) in [5.41, 5.74) is 0. The Morgan fingerprint density at radius 2 is 2.00 bits per heavy atom. The van der Waals surface area contributed by atoms with Crippen molar-refractivity contribution >= 4 is 0 Å². The Bertz CT molecular complexity index is 70.0. The summed E-state index contributed by atoms with van der Waals surface area (Å²) in [7, 11) is 1.76. The molecule has 0 aromatic carbocycles. The lowest BCUT2D eigenvalue weighted by molar-refractivity contribution is 0.162. The molecule has 0 radical (unpaired) electrons. The molecule has 0 rings (SSSR count). The van der Waals surface area contributed by atoms with Crippen LogP contribution in [0.4, 0.5) is 0 Å². The van der Waals surface area contributed by atoms with Crippen LogP contribution in [0.15, 0.2) is 0 Å². The van der Waals surface area contributed by atoms with E-state index in [0.29, 0.717) is 6.04 Å². The summed E-state index contributed by atoms with van der Waals surface area (Å²) in [6.07, 6.45) is 3.64. The third-order valence-electron chi connectivity index (χ3n) is 1.69. The van der Waals surface area contributed by atoms with Gasteiger partial charge < -0.3 is 10.1 Å². The maximum Gasteiger partial charge on any atom is 0.0615 e. The summed E-state index contributed by atoms with van der Waals surface area (Å²) in [6, 6.07) is 0.560. The predicted molar refractivity (Wildman–Crippen MR) is 48.9 cm³/mol. The Morgan fingerprint density at radius 3 is 2.45 bits per heavy atom. The highest BCUT2D eigenvalue weighted by Crippen LogP contribution is 1.96. The Morgan fingerprint density at radius 1 is 1.27 bits per heavy atom. The molecule has 1 atom stereocenters. The smallest absolute Gasteiger partial charge is 0.0615 e. The molecule has 0 saturated carbocycles. The molecule has 2 nitrogen and oxygen atoms in total. The third-order valence-corrected chi connectivity index (χ3v) is 1.69. The van der Waals surface area contributed by atoms with Crippen molar-refractivity contribution in [2.45, 2.75) is 39.2 Å². The molecule has 0 aliphatic heterocycles. The van der Waals surface area contributed by atoms with Gasteiger partial charge in [-0.05, 0) is 19.4 Å². The van der Waals surface area contributed by atoms with E-state index in [4.69, 9.17) is 4.74 Å². The maximum atomic E-state index is 5.09. The van der Waals surface area contributed by atoms with Crippen LogP contribution in [0, 0.1) is 0 Å². The van der Waals surface area contributed by atoms with Gasteiger partial charge >= 0.3 is 0 Å². The van der Waals surface area contributed by atoms with E-state index in [-0.39, 0.29) is 0 Å². The highest BCUT2D eigenvalue weighted by Gasteiger charge is 2.03. The van der Waals surface area contributed by atoms with Crippen molar-refractivity contribution < 1.29 is 4.74 Å². The predicted octanol–water partition coefficient (Wildman–Crippen LogP) is 1.80. The van der Waals surface area contributed by atoms with Gasteiger partial charge in [0.15, 0.2) is 0 Å². The van der Waals surface area contributed by atoms with E-state index in [1.165, 1.54) is 19.3 Å². The lowest BCUT2D eigenvalue weighted by Crippen LogP contribution is -2.33. The van der Waals surface area contributed by atoms with Gasteiger partial charge in [-0.25, -0.2) is 0 Å². The number of ether oxygens (including phenoxy) is 1. The first-order valence-electron chi connectivity index (χ1n) is 4.57. The normalized spacial score (nSPS) is 13.4. The number of hydrogen-bond donors (Lipinski definition) is 1. The SMILES string of the molecule is CCCNC(CCC)COC. The zero-order valence-corrected chi connectivity index (χ0v) is 8.02. The topological polar surface area (TPSA) is 21.3 Å². The summed E-state index contributed by atoms with van der Waals surface area (Å²) in [4.78, 5) is 0. The van der Waals surface area contributed by atoms with Crippen LogP contribution in [0.3, 0.4) is 0 Å². The molecule has 1 N–H and O–H groups in total. The molecular formula is C9H21NO. The van der Waals surface area contributed by atoms with Gasteiger partial charge in [-0.15, -0.1) is 0 Å². The minimum atomic E-state index is 0.560. The third kappa shape index (κ3) is 6.32. The van der Waals surface area contributed by atoms with E-state index in [9.17, 15) is 0 Å². The van der Waals surface area contributed by atoms with Gasteiger partial charge in [0.2, 0.25) is 0 Å². The van der Waals surface area contributed by atoms with Crippen LogP contribution in [-0.4, -0.2) is 26.3 Å². The Balaban J connectivity index is 3.34. The highest BCUT2D eigenvalue weighted by molar-refractivity contribution is 4.64. The molecule has 0 heterocycles. The quantitative estimate of drug-likeness (QED) is 0.611. The number of nitrogens with one attached hydrogen (secondary N) is 1. The largest absolute Gasteiger partial charge is 0.383 e. The highest BCUT2D eigenvalue weighted by atomic mass is 16.5. The monoisotopic (exact) mass is 159 g/mol. The fourth-order valence-electron chi connectivity index (χ4n) is 1.14. The molecule has 0 bridgehead atoms.